The number of nitrogen functional groups attached to an aromatic ring is 2. The molecule has 0 atom stereocenters. The van der Waals surface area contributed by atoms with E-state index in [9.17, 15) is 16.8 Å². The summed E-state index contributed by atoms with van der Waals surface area (Å²) in [6.45, 7) is 0. The van der Waals surface area contributed by atoms with Gasteiger partial charge in [0.2, 0.25) is 0 Å². The fourth-order valence-corrected chi connectivity index (χ4v) is 2.30. The molecule has 1 aromatic rings. The summed E-state index contributed by atoms with van der Waals surface area (Å²) in [5, 5.41) is 0. The molecule has 0 radical (unpaired) electrons. The quantitative estimate of drug-likeness (QED) is 0.297. The van der Waals surface area contributed by atoms with Crippen LogP contribution < -0.4 is 11.5 Å². The van der Waals surface area contributed by atoms with Crippen LogP contribution in [0.3, 0.4) is 0 Å². The maximum atomic E-state index is 10.8. The molecule has 0 bridgehead atoms. The van der Waals surface area contributed by atoms with Crippen molar-refractivity contribution in [3.63, 3.8) is 0 Å². The molecular weight excluding hydrogens is 283 g/mol. The predicted molar refractivity (Wildman–Crippen MR) is 62.0 cm³/mol. The Balaban J connectivity index is 0.00000256. The van der Waals surface area contributed by atoms with Crippen molar-refractivity contribution in [1.82, 2.24) is 0 Å². The van der Waals surface area contributed by atoms with Gasteiger partial charge in [0, 0.05) is 0 Å². The molecule has 8 nitrogen and oxygen atoms in total. The number of benzene rings is 1. The average molecular weight is 292 g/mol. The van der Waals surface area contributed by atoms with Crippen LogP contribution in [0.4, 0.5) is 11.4 Å². The third kappa shape index (κ3) is 3.81. The van der Waals surface area contributed by atoms with E-state index >= 15 is 0 Å². The van der Waals surface area contributed by atoms with Gasteiger partial charge >= 0.3 is 29.6 Å². The Morgan fingerprint density at radius 3 is 1.24 bits per heavy atom. The third-order valence-electron chi connectivity index (χ3n) is 1.70. The van der Waals surface area contributed by atoms with Crippen LogP contribution in [-0.2, 0) is 20.2 Å². The summed E-state index contributed by atoms with van der Waals surface area (Å²) in [5.41, 5.74) is 9.33. The van der Waals surface area contributed by atoms with E-state index < -0.39 is 41.4 Å². The second-order valence-electron chi connectivity index (χ2n) is 2.88. The second kappa shape index (κ2) is 5.10. The summed E-state index contributed by atoms with van der Waals surface area (Å²) in [7, 11) is -9.20. The predicted octanol–water partition coefficient (Wildman–Crippen LogP) is -1.30. The van der Waals surface area contributed by atoms with Crippen molar-refractivity contribution in [2.45, 2.75) is 9.79 Å². The summed E-state index contributed by atoms with van der Waals surface area (Å²) < 4.78 is 60.5. The van der Waals surface area contributed by atoms with Crippen molar-refractivity contribution in [3.8, 4) is 0 Å². The monoisotopic (exact) mass is 292 g/mol. The van der Waals surface area contributed by atoms with Crippen molar-refractivity contribution >= 4 is 61.2 Å². The van der Waals surface area contributed by atoms with Crippen molar-refractivity contribution in [2.24, 2.45) is 0 Å². The van der Waals surface area contributed by atoms with E-state index in [1.54, 1.807) is 0 Å². The number of hydrogen-bond acceptors (Lipinski definition) is 6. The van der Waals surface area contributed by atoms with Crippen LogP contribution in [0.25, 0.3) is 0 Å². The Hall–Kier alpha value is -0.360. The molecule has 0 aliphatic carbocycles. The molecule has 1 rings (SSSR count). The molecule has 0 saturated carbocycles. The van der Waals surface area contributed by atoms with Crippen molar-refractivity contribution < 1.29 is 25.9 Å². The zero-order valence-electron chi connectivity index (χ0n) is 7.65. The van der Waals surface area contributed by atoms with Gasteiger partial charge in [-0.1, -0.05) is 0 Å². The van der Waals surface area contributed by atoms with E-state index in [1.807, 2.05) is 0 Å². The molecule has 0 aliphatic rings. The minimum atomic E-state index is -4.60. The number of anilines is 2. The Kier molecular flexibility index (Phi) is 4.99. The Morgan fingerprint density at radius 1 is 0.824 bits per heavy atom. The van der Waals surface area contributed by atoms with Gasteiger partial charge in [0.25, 0.3) is 20.2 Å². The van der Waals surface area contributed by atoms with Crippen LogP contribution >= 0.6 is 0 Å². The van der Waals surface area contributed by atoms with Crippen LogP contribution in [-0.4, -0.2) is 55.5 Å². The van der Waals surface area contributed by atoms with Crippen LogP contribution in [0, 0.1) is 0 Å². The van der Waals surface area contributed by atoms with Gasteiger partial charge in [-0.25, -0.2) is 0 Å². The summed E-state index contributed by atoms with van der Waals surface area (Å²) in [5.74, 6) is 0. The molecule has 0 heterocycles. The van der Waals surface area contributed by atoms with E-state index in [0.717, 1.165) is 0 Å². The van der Waals surface area contributed by atoms with Crippen molar-refractivity contribution in [2.75, 3.05) is 11.5 Å². The molecule has 0 amide bonds. The summed E-state index contributed by atoms with van der Waals surface area (Å²) in [4.78, 5) is -1.45. The van der Waals surface area contributed by atoms with Gasteiger partial charge in [0.15, 0.2) is 0 Å². The molecule has 0 unspecified atom stereocenters. The average Bonchev–Trinajstić information content (AvgIpc) is 2.04. The fraction of sp³-hybridized carbons (Fsp3) is 0. The molecule has 0 spiro atoms. The van der Waals surface area contributed by atoms with Crippen LogP contribution in [0.15, 0.2) is 21.9 Å². The van der Waals surface area contributed by atoms with E-state index in [1.165, 1.54) is 0 Å². The molecule has 17 heavy (non-hydrogen) atoms. The Morgan fingerprint density at radius 2 is 1.06 bits per heavy atom. The van der Waals surface area contributed by atoms with E-state index in [4.69, 9.17) is 20.6 Å². The van der Waals surface area contributed by atoms with Gasteiger partial charge in [-0.05, 0) is 12.1 Å². The summed E-state index contributed by atoms with van der Waals surface area (Å²) in [6, 6.07) is 1.29. The zero-order chi connectivity index (χ0) is 12.7. The zero-order valence-corrected chi connectivity index (χ0v) is 9.29. The van der Waals surface area contributed by atoms with E-state index in [0.29, 0.717) is 12.1 Å². The first kappa shape index (κ1) is 16.6. The van der Waals surface area contributed by atoms with Gasteiger partial charge < -0.3 is 11.5 Å². The SMILES string of the molecule is Nc1cc(S(=O)(=O)O)c(N)cc1S(=O)(=O)O.[NaH]. The standard InChI is InChI=1S/C6H8N2O6S2.Na.H/c7-3-1-5(15(9,10)11)4(8)2-6(3)16(12,13)14;;/h1-2H,7-8H2,(H,9,10,11)(H,12,13,14);;. The molecule has 1 aromatic carbocycles. The van der Waals surface area contributed by atoms with E-state index in [2.05, 4.69) is 0 Å². The van der Waals surface area contributed by atoms with Gasteiger partial charge in [-0.15, -0.1) is 0 Å². The first-order valence-corrected chi connectivity index (χ1v) is 6.55. The van der Waals surface area contributed by atoms with Gasteiger partial charge in [0.05, 0.1) is 11.4 Å². The number of hydrogen-bond donors (Lipinski definition) is 4. The molecule has 92 valence electrons. The Labute approximate surface area is 120 Å². The molecule has 0 aliphatic heterocycles. The molecule has 0 fully saturated rings. The topological polar surface area (TPSA) is 161 Å². The van der Waals surface area contributed by atoms with Crippen LogP contribution in [0.1, 0.15) is 0 Å². The number of nitrogens with two attached hydrogens (primary N) is 2. The van der Waals surface area contributed by atoms with Gasteiger partial charge in [-0.2, -0.15) is 16.8 Å². The molecule has 0 aromatic heterocycles. The minimum absolute atomic E-state index is 0. The van der Waals surface area contributed by atoms with Crippen LogP contribution in [0.2, 0.25) is 0 Å². The Bertz CT molecular complexity index is 581. The fourth-order valence-electron chi connectivity index (χ4n) is 1.04. The van der Waals surface area contributed by atoms with Gasteiger partial charge in [-0.3, -0.25) is 9.11 Å². The van der Waals surface area contributed by atoms with E-state index in [-0.39, 0.29) is 29.6 Å². The maximum absolute atomic E-state index is 10.8. The van der Waals surface area contributed by atoms with Crippen LogP contribution in [0.5, 0.6) is 0 Å². The van der Waals surface area contributed by atoms with Crippen molar-refractivity contribution in [1.29, 1.82) is 0 Å². The normalized spacial score (nSPS) is 11.9. The molecule has 0 saturated heterocycles. The molecular formula is C6H9N2NaO6S2. The summed E-state index contributed by atoms with van der Waals surface area (Å²) >= 11 is 0. The van der Waals surface area contributed by atoms with Crippen molar-refractivity contribution in [3.05, 3.63) is 12.1 Å². The first-order chi connectivity index (χ1) is 7.03. The number of rotatable bonds is 2. The van der Waals surface area contributed by atoms with Gasteiger partial charge in [0.1, 0.15) is 9.79 Å². The second-order valence-corrected chi connectivity index (χ2v) is 5.66. The third-order valence-corrected chi connectivity index (χ3v) is 3.52. The first-order valence-electron chi connectivity index (χ1n) is 3.67. The molecule has 11 heteroatoms. The summed E-state index contributed by atoms with van der Waals surface area (Å²) in [6.07, 6.45) is 0. The molecule has 6 N–H and O–H groups in total.